The maximum Gasteiger partial charge on any atom is 0.342 e. The van der Waals surface area contributed by atoms with Crippen molar-refractivity contribution in [2.24, 2.45) is 5.92 Å². The number of methoxy groups -OCH3 is 1. The SMILES string of the molecule is COc1cccc(C(=O)OCC(=O)NCCC(C)C)c1O. The first-order valence-electron chi connectivity index (χ1n) is 6.75. The Morgan fingerprint density at radius 1 is 1.33 bits per heavy atom. The van der Waals surface area contributed by atoms with Crippen LogP contribution in [-0.4, -0.2) is 37.2 Å². The van der Waals surface area contributed by atoms with Gasteiger partial charge < -0.3 is 19.9 Å². The summed E-state index contributed by atoms with van der Waals surface area (Å²) in [5.41, 5.74) is -0.0377. The van der Waals surface area contributed by atoms with Crippen LogP contribution in [0.3, 0.4) is 0 Å². The minimum Gasteiger partial charge on any atom is -0.504 e. The van der Waals surface area contributed by atoms with Crippen LogP contribution in [0.5, 0.6) is 11.5 Å². The number of carbonyl (C=O) groups excluding carboxylic acids is 2. The summed E-state index contributed by atoms with van der Waals surface area (Å²) in [5, 5.41) is 12.5. The summed E-state index contributed by atoms with van der Waals surface area (Å²) in [6.07, 6.45) is 0.857. The van der Waals surface area contributed by atoms with Gasteiger partial charge in [-0.05, 0) is 24.5 Å². The van der Waals surface area contributed by atoms with E-state index < -0.39 is 5.97 Å². The highest BCUT2D eigenvalue weighted by Crippen LogP contribution is 2.29. The van der Waals surface area contributed by atoms with Crippen molar-refractivity contribution in [1.29, 1.82) is 0 Å². The van der Waals surface area contributed by atoms with Crippen molar-refractivity contribution in [1.82, 2.24) is 5.32 Å². The molecule has 1 rings (SSSR count). The fraction of sp³-hybridized carbons (Fsp3) is 0.467. The van der Waals surface area contributed by atoms with Crippen molar-refractivity contribution < 1.29 is 24.2 Å². The van der Waals surface area contributed by atoms with E-state index in [0.717, 1.165) is 6.42 Å². The van der Waals surface area contributed by atoms with Gasteiger partial charge in [-0.15, -0.1) is 0 Å². The van der Waals surface area contributed by atoms with E-state index in [2.05, 4.69) is 19.2 Å². The molecule has 1 aromatic rings. The van der Waals surface area contributed by atoms with Crippen molar-refractivity contribution in [3.8, 4) is 11.5 Å². The highest BCUT2D eigenvalue weighted by atomic mass is 16.5. The van der Waals surface area contributed by atoms with Crippen LogP contribution in [0.25, 0.3) is 0 Å². The molecule has 0 spiro atoms. The van der Waals surface area contributed by atoms with Gasteiger partial charge in [0.2, 0.25) is 0 Å². The van der Waals surface area contributed by atoms with Crippen LogP contribution in [0.15, 0.2) is 18.2 Å². The molecule has 21 heavy (non-hydrogen) atoms. The molecule has 0 fully saturated rings. The second-order valence-electron chi connectivity index (χ2n) is 4.97. The number of esters is 1. The number of para-hydroxylation sites is 1. The summed E-state index contributed by atoms with van der Waals surface area (Å²) in [6, 6.07) is 4.47. The van der Waals surface area contributed by atoms with Gasteiger partial charge in [-0.1, -0.05) is 19.9 Å². The van der Waals surface area contributed by atoms with Gasteiger partial charge in [-0.25, -0.2) is 4.79 Å². The van der Waals surface area contributed by atoms with Gasteiger partial charge in [0, 0.05) is 6.54 Å². The van der Waals surface area contributed by atoms with E-state index in [-0.39, 0.29) is 29.6 Å². The molecular weight excluding hydrogens is 274 g/mol. The number of ether oxygens (including phenoxy) is 2. The molecule has 1 amide bonds. The number of nitrogens with one attached hydrogen (secondary N) is 1. The molecule has 0 radical (unpaired) electrons. The van der Waals surface area contributed by atoms with E-state index in [9.17, 15) is 14.7 Å². The number of hydrogen-bond donors (Lipinski definition) is 2. The maximum atomic E-state index is 11.8. The number of phenols is 1. The normalized spacial score (nSPS) is 10.3. The van der Waals surface area contributed by atoms with Crippen LogP contribution in [0.4, 0.5) is 0 Å². The zero-order valence-corrected chi connectivity index (χ0v) is 12.5. The van der Waals surface area contributed by atoms with Gasteiger partial charge in [0.25, 0.3) is 5.91 Å². The molecule has 0 bridgehead atoms. The zero-order valence-electron chi connectivity index (χ0n) is 12.5. The molecule has 116 valence electrons. The Morgan fingerprint density at radius 3 is 2.67 bits per heavy atom. The van der Waals surface area contributed by atoms with Gasteiger partial charge in [0.15, 0.2) is 18.1 Å². The third-order valence-electron chi connectivity index (χ3n) is 2.82. The molecule has 0 saturated carbocycles. The summed E-state index contributed by atoms with van der Waals surface area (Å²) in [6.45, 7) is 4.27. The molecule has 0 aliphatic rings. The average Bonchev–Trinajstić information content (AvgIpc) is 2.44. The van der Waals surface area contributed by atoms with Crippen molar-refractivity contribution in [2.75, 3.05) is 20.3 Å². The largest absolute Gasteiger partial charge is 0.504 e. The number of carbonyl (C=O) groups is 2. The van der Waals surface area contributed by atoms with Crippen LogP contribution in [-0.2, 0) is 9.53 Å². The highest BCUT2D eigenvalue weighted by molar-refractivity contribution is 5.94. The quantitative estimate of drug-likeness (QED) is 0.748. The maximum absolute atomic E-state index is 11.8. The molecule has 0 atom stereocenters. The van der Waals surface area contributed by atoms with Crippen molar-refractivity contribution >= 4 is 11.9 Å². The van der Waals surface area contributed by atoms with E-state index in [1.807, 2.05) is 0 Å². The summed E-state index contributed by atoms with van der Waals surface area (Å²) in [5.74, 6) is -0.783. The number of hydrogen-bond acceptors (Lipinski definition) is 5. The Labute approximate surface area is 124 Å². The average molecular weight is 295 g/mol. The van der Waals surface area contributed by atoms with Gasteiger partial charge in [-0.2, -0.15) is 0 Å². The molecule has 0 unspecified atom stereocenters. The molecule has 0 aliphatic heterocycles. The van der Waals surface area contributed by atoms with Crippen molar-refractivity contribution in [3.63, 3.8) is 0 Å². The standard InChI is InChI=1S/C15H21NO5/c1-10(2)7-8-16-13(17)9-21-15(19)11-5-4-6-12(20-3)14(11)18/h4-6,10,18H,7-9H2,1-3H3,(H,16,17). The number of benzene rings is 1. The van der Waals surface area contributed by atoms with E-state index in [1.54, 1.807) is 6.07 Å². The van der Waals surface area contributed by atoms with Crippen LogP contribution in [0.2, 0.25) is 0 Å². The van der Waals surface area contributed by atoms with Gasteiger partial charge >= 0.3 is 5.97 Å². The first-order chi connectivity index (χ1) is 9.95. The van der Waals surface area contributed by atoms with Gasteiger partial charge in [0.1, 0.15) is 5.56 Å². The first-order valence-corrected chi connectivity index (χ1v) is 6.75. The third kappa shape index (κ3) is 5.33. The number of amides is 1. The molecule has 6 heteroatoms. The number of rotatable bonds is 7. The monoisotopic (exact) mass is 295 g/mol. The van der Waals surface area contributed by atoms with E-state index in [4.69, 9.17) is 9.47 Å². The molecule has 0 heterocycles. The van der Waals surface area contributed by atoms with Crippen molar-refractivity contribution in [3.05, 3.63) is 23.8 Å². The van der Waals surface area contributed by atoms with Crippen LogP contribution in [0, 0.1) is 5.92 Å². The predicted octanol–water partition coefficient (Wildman–Crippen LogP) is 1.72. The van der Waals surface area contributed by atoms with E-state index in [1.165, 1.54) is 19.2 Å². The first kappa shape index (κ1) is 16.8. The second kappa shape index (κ2) is 8.14. The van der Waals surface area contributed by atoms with Crippen LogP contribution in [0.1, 0.15) is 30.6 Å². The molecule has 1 aromatic carbocycles. The summed E-state index contributed by atoms with van der Waals surface area (Å²) in [7, 11) is 1.38. The number of phenolic OH excluding ortho intramolecular Hbond substituents is 1. The van der Waals surface area contributed by atoms with Crippen molar-refractivity contribution in [2.45, 2.75) is 20.3 Å². The molecule has 2 N–H and O–H groups in total. The molecule has 0 aliphatic carbocycles. The molecule has 6 nitrogen and oxygen atoms in total. The lowest BCUT2D eigenvalue weighted by Crippen LogP contribution is -2.30. The minimum atomic E-state index is -0.773. The lowest BCUT2D eigenvalue weighted by molar-refractivity contribution is -0.124. The smallest absolute Gasteiger partial charge is 0.342 e. The third-order valence-corrected chi connectivity index (χ3v) is 2.82. The van der Waals surface area contributed by atoms with Gasteiger partial charge in [-0.3, -0.25) is 4.79 Å². The highest BCUT2D eigenvalue weighted by Gasteiger charge is 2.17. The lowest BCUT2D eigenvalue weighted by Gasteiger charge is -2.10. The summed E-state index contributed by atoms with van der Waals surface area (Å²) < 4.78 is 9.76. The number of aromatic hydroxyl groups is 1. The summed E-state index contributed by atoms with van der Waals surface area (Å²) in [4.78, 5) is 23.3. The fourth-order valence-electron chi connectivity index (χ4n) is 1.61. The zero-order chi connectivity index (χ0) is 15.8. The van der Waals surface area contributed by atoms with E-state index >= 15 is 0 Å². The topological polar surface area (TPSA) is 84.9 Å². The molecule has 0 saturated heterocycles. The van der Waals surface area contributed by atoms with Gasteiger partial charge in [0.05, 0.1) is 7.11 Å². The Kier molecular flexibility index (Phi) is 6.52. The van der Waals surface area contributed by atoms with Crippen LogP contribution >= 0.6 is 0 Å². The second-order valence-corrected chi connectivity index (χ2v) is 4.97. The van der Waals surface area contributed by atoms with E-state index in [0.29, 0.717) is 12.5 Å². The Balaban J connectivity index is 2.49. The molecule has 0 aromatic heterocycles. The minimum absolute atomic E-state index is 0.0377. The Morgan fingerprint density at radius 2 is 2.05 bits per heavy atom. The molecular formula is C15H21NO5. The van der Waals surface area contributed by atoms with Crippen LogP contribution < -0.4 is 10.1 Å². The lowest BCUT2D eigenvalue weighted by atomic mass is 10.1. The summed E-state index contributed by atoms with van der Waals surface area (Å²) >= 11 is 0. The Hall–Kier alpha value is -2.24. The fourth-order valence-corrected chi connectivity index (χ4v) is 1.61. The Bertz CT molecular complexity index is 499. The predicted molar refractivity (Wildman–Crippen MR) is 77.4 cm³/mol.